The zero-order valence-electron chi connectivity index (χ0n) is 54.9. The number of hydrogen-bond acceptors (Lipinski definition) is 6. The second kappa shape index (κ2) is 70.8. The molecular formula is C77H134O6. The molecule has 0 N–H and O–H groups in total. The summed E-state index contributed by atoms with van der Waals surface area (Å²) >= 11 is 0. The van der Waals surface area contributed by atoms with Crippen molar-refractivity contribution in [3.05, 3.63) is 97.2 Å². The standard InChI is InChI=1S/C77H134O6/c1-4-7-10-13-16-19-22-25-27-29-30-31-32-33-34-35-36-37-38-39-40-41-42-43-44-45-46-48-49-52-55-58-61-64-67-70-76(79)82-73-74(72-81-75(78)69-66-63-60-57-54-51-24-21-18-15-12-9-6-3)83-77(80)71-68-65-62-59-56-53-50-47-28-26-23-20-17-14-11-8-5-2/h8-9,11-12,17-18,20-21,26,28,50-51,53-54,59,62,74H,4-7,10,13-16,19,22-25,27,29-49,52,55-58,60-61,63-73H2,1-3H3/b11-8-,12-9-,20-17-,21-18-,28-26-,53-50-,54-51-,62-59-. The van der Waals surface area contributed by atoms with Crippen LogP contribution in [0, 0.1) is 0 Å². The number of rotatable bonds is 65. The molecule has 1 unspecified atom stereocenters. The molecule has 0 radical (unpaired) electrons. The first-order valence-corrected chi connectivity index (χ1v) is 35.7. The monoisotopic (exact) mass is 1160 g/mol. The van der Waals surface area contributed by atoms with Gasteiger partial charge in [-0.15, -0.1) is 0 Å². The van der Waals surface area contributed by atoms with Gasteiger partial charge in [0.25, 0.3) is 0 Å². The lowest BCUT2D eigenvalue weighted by Crippen LogP contribution is -2.30. The highest BCUT2D eigenvalue weighted by Crippen LogP contribution is 2.18. The van der Waals surface area contributed by atoms with E-state index >= 15 is 0 Å². The van der Waals surface area contributed by atoms with Crippen LogP contribution in [0.15, 0.2) is 97.2 Å². The molecule has 0 heterocycles. The minimum Gasteiger partial charge on any atom is -0.462 e. The molecule has 0 aromatic rings. The topological polar surface area (TPSA) is 78.9 Å². The van der Waals surface area contributed by atoms with E-state index in [1.165, 1.54) is 205 Å². The molecule has 0 aliphatic heterocycles. The van der Waals surface area contributed by atoms with Crippen LogP contribution in [-0.4, -0.2) is 37.2 Å². The van der Waals surface area contributed by atoms with Gasteiger partial charge in [-0.1, -0.05) is 343 Å². The largest absolute Gasteiger partial charge is 0.462 e. The summed E-state index contributed by atoms with van der Waals surface area (Å²) in [6.45, 7) is 6.38. The number of carbonyl (C=O) groups is 3. The summed E-state index contributed by atoms with van der Waals surface area (Å²) in [7, 11) is 0. The quantitative estimate of drug-likeness (QED) is 0.0261. The second-order valence-electron chi connectivity index (χ2n) is 23.7. The molecule has 0 aromatic heterocycles. The van der Waals surface area contributed by atoms with Crippen molar-refractivity contribution >= 4 is 17.9 Å². The highest BCUT2D eigenvalue weighted by atomic mass is 16.6. The summed E-state index contributed by atoms with van der Waals surface area (Å²) in [4.78, 5) is 38.3. The second-order valence-corrected chi connectivity index (χ2v) is 23.7. The smallest absolute Gasteiger partial charge is 0.306 e. The van der Waals surface area contributed by atoms with Gasteiger partial charge in [-0.2, -0.15) is 0 Å². The average Bonchev–Trinajstić information content (AvgIpc) is 3.49. The predicted octanol–water partition coefficient (Wildman–Crippen LogP) is 24.8. The molecular weight excluding hydrogens is 1020 g/mol. The van der Waals surface area contributed by atoms with Crippen molar-refractivity contribution in [1.82, 2.24) is 0 Å². The lowest BCUT2D eigenvalue weighted by molar-refractivity contribution is -0.167. The minimum atomic E-state index is -0.820. The summed E-state index contributed by atoms with van der Waals surface area (Å²) in [5.74, 6) is -0.987. The van der Waals surface area contributed by atoms with Gasteiger partial charge in [0.2, 0.25) is 0 Å². The first-order valence-electron chi connectivity index (χ1n) is 35.7. The van der Waals surface area contributed by atoms with Crippen LogP contribution >= 0.6 is 0 Å². The molecule has 1 atom stereocenters. The number of ether oxygens (including phenoxy) is 3. The van der Waals surface area contributed by atoms with E-state index in [2.05, 4.69) is 118 Å². The van der Waals surface area contributed by atoms with Crippen LogP contribution in [0.1, 0.15) is 355 Å². The van der Waals surface area contributed by atoms with Crippen molar-refractivity contribution in [2.24, 2.45) is 0 Å². The van der Waals surface area contributed by atoms with Crippen molar-refractivity contribution in [3.63, 3.8) is 0 Å². The first-order chi connectivity index (χ1) is 41.0. The van der Waals surface area contributed by atoms with Crippen molar-refractivity contribution in [3.8, 4) is 0 Å². The van der Waals surface area contributed by atoms with Crippen molar-refractivity contribution in [2.75, 3.05) is 13.2 Å². The zero-order valence-corrected chi connectivity index (χ0v) is 54.9. The third-order valence-corrected chi connectivity index (χ3v) is 15.6. The molecule has 0 aliphatic carbocycles. The van der Waals surface area contributed by atoms with E-state index in [0.717, 1.165) is 103 Å². The Kier molecular flexibility index (Phi) is 67.7. The van der Waals surface area contributed by atoms with E-state index in [1.807, 2.05) is 0 Å². The van der Waals surface area contributed by atoms with E-state index < -0.39 is 6.10 Å². The van der Waals surface area contributed by atoms with Gasteiger partial charge in [0.05, 0.1) is 0 Å². The Morgan fingerprint density at radius 2 is 0.482 bits per heavy atom. The average molecular weight is 1160 g/mol. The number of hydrogen-bond donors (Lipinski definition) is 0. The number of allylic oxidation sites excluding steroid dienone is 16. The molecule has 83 heavy (non-hydrogen) atoms. The van der Waals surface area contributed by atoms with E-state index in [4.69, 9.17) is 14.2 Å². The van der Waals surface area contributed by atoms with Crippen LogP contribution in [0.5, 0.6) is 0 Å². The number of esters is 3. The fourth-order valence-corrected chi connectivity index (χ4v) is 10.3. The van der Waals surface area contributed by atoms with E-state index in [1.54, 1.807) is 0 Å². The van der Waals surface area contributed by atoms with Crippen molar-refractivity contribution in [2.45, 2.75) is 361 Å². The van der Waals surface area contributed by atoms with Gasteiger partial charge in [0, 0.05) is 19.3 Å². The molecule has 0 amide bonds. The third-order valence-electron chi connectivity index (χ3n) is 15.6. The first kappa shape index (κ1) is 79.3. The number of carbonyl (C=O) groups excluding carboxylic acids is 3. The molecule has 0 bridgehead atoms. The lowest BCUT2D eigenvalue weighted by atomic mass is 10.0. The lowest BCUT2D eigenvalue weighted by Gasteiger charge is -2.18. The molecule has 0 spiro atoms. The van der Waals surface area contributed by atoms with Gasteiger partial charge >= 0.3 is 17.9 Å². The molecule has 0 saturated carbocycles. The van der Waals surface area contributed by atoms with Crippen LogP contribution in [0.3, 0.4) is 0 Å². The normalized spacial score (nSPS) is 12.7. The summed E-state index contributed by atoms with van der Waals surface area (Å²) < 4.78 is 16.9. The molecule has 6 heteroatoms. The molecule has 0 fully saturated rings. The van der Waals surface area contributed by atoms with Crippen molar-refractivity contribution < 1.29 is 28.6 Å². The maximum atomic E-state index is 12.9. The Morgan fingerprint density at radius 3 is 0.771 bits per heavy atom. The summed E-state index contributed by atoms with van der Waals surface area (Å²) in [5, 5.41) is 0. The Labute approximate surface area is 515 Å². The highest BCUT2D eigenvalue weighted by molar-refractivity contribution is 5.71. The molecule has 6 nitrogen and oxygen atoms in total. The van der Waals surface area contributed by atoms with E-state index in [-0.39, 0.29) is 37.5 Å². The van der Waals surface area contributed by atoms with Gasteiger partial charge in [-0.3, -0.25) is 14.4 Å². The van der Waals surface area contributed by atoms with E-state index in [9.17, 15) is 14.4 Å². The molecule has 478 valence electrons. The van der Waals surface area contributed by atoms with Gasteiger partial charge in [-0.25, -0.2) is 0 Å². The third kappa shape index (κ3) is 69.0. The van der Waals surface area contributed by atoms with Gasteiger partial charge in [0.15, 0.2) is 6.10 Å². The fraction of sp³-hybridized carbons (Fsp3) is 0.753. The molecule has 0 saturated heterocycles. The highest BCUT2D eigenvalue weighted by Gasteiger charge is 2.19. The number of unbranched alkanes of at least 4 members (excludes halogenated alkanes) is 38. The van der Waals surface area contributed by atoms with E-state index in [0.29, 0.717) is 19.3 Å². The minimum absolute atomic E-state index is 0.108. The maximum absolute atomic E-state index is 12.9. The zero-order chi connectivity index (χ0) is 59.9. The van der Waals surface area contributed by atoms with Crippen LogP contribution in [-0.2, 0) is 28.6 Å². The SMILES string of the molecule is CC/C=C\C/C=C\C/C=C\C/C=C\C/C=C\CCCC(=O)OC(COC(=O)CCCCC/C=C\C/C=C\C/C=C\CC)COC(=O)CCCCCCCCCCCCCCCCCCCCCCCCCCCCCCCCCCCCC. The molecule has 0 aromatic carbocycles. The summed E-state index contributed by atoms with van der Waals surface area (Å²) in [6.07, 6.45) is 96.3. The molecule has 0 aliphatic rings. The van der Waals surface area contributed by atoms with Crippen LogP contribution < -0.4 is 0 Å². The van der Waals surface area contributed by atoms with Crippen LogP contribution in [0.2, 0.25) is 0 Å². The van der Waals surface area contributed by atoms with Gasteiger partial charge in [0.1, 0.15) is 13.2 Å². The predicted molar refractivity (Wildman–Crippen MR) is 362 cm³/mol. The Bertz CT molecular complexity index is 1610. The summed E-state index contributed by atoms with van der Waals surface area (Å²) in [5.41, 5.74) is 0. The Morgan fingerprint density at radius 1 is 0.253 bits per heavy atom. The van der Waals surface area contributed by atoms with Crippen molar-refractivity contribution in [1.29, 1.82) is 0 Å². The van der Waals surface area contributed by atoms with Gasteiger partial charge < -0.3 is 14.2 Å². The van der Waals surface area contributed by atoms with Gasteiger partial charge in [-0.05, 0) is 89.9 Å². The van der Waals surface area contributed by atoms with Crippen LogP contribution in [0.25, 0.3) is 0 Å². The molecule has 0 rings (SSSR count). The Balaban J connectivity index is 4.14. The maximum Gasteiger partial charge on any atom is 0.306 e. The Hall–Kier alpha value is -3.67. The summed E-state index contributed by atoms with van der Waals surface area (Å²) in [6, 6.07) is 0. The van der Waals surface area contributed by atoms with Crippen LogP contribution in [0.4, 0.5) is 0 Å². The fourth-order valence-electron chi connectivity index (χ4n) is 10.3.